The van der Waals surface area contributed by atoms with Gasteiger partial charge >= 0.3 is 5.97 Å². The van der Waals surface area contributed by atoms with E-state index in [1.807, 2.05) is 18.2 Å². The number of aromatic carboxylic acids is 1. The topological polar surface area (TPSA) is 65.9 Å². The summed E-state index contributed by atoms with van der Waals surface area (Å²) in [6.07, 6.45) is 3.09. The third-order valence-electron chi connectivity index (χ3n) is 4.04. The largest absolute Gasteiger partial charge is 0.495 e. The fourth-order valence-electron chi connectivity index (χ4n) is 2.81. The number of hydrogen-bond acceptors (Lipinski definition) is 5. The highest BCUT2D eigenvalue weighted by Crippen LogP contribution is 2.29. The molecule has 1 N–H and O–H groups in total. The molecular weight excluding hydrogens is 294 g/mol. The van der Waals surface area contributed by atoms with Crippen LogP contribution in [0.5, 0.6) is 5.75 Å². The molecule has 3 rings (SSSR count). The van der Waals surface area contributed by atoms with Gasteiger partial charge in [-0.15, -0.1) is 0 Å². The summed E-state index contributed by atoms with van der Waals surface area (Å²) >= 11 is 0. The van der Waals surface area contributed by atoms with Crippen LogP contribution >= 0.6 is 0 Å². The van der Waals surface area contributed by atoms with E-state index in [2.05, 4.69) is 20.9 Å². The maximum absolute atomic E-state index is 11.1. The molecule has 1 aliphatic heterocycles. The molecule has 23 heavy (non-hydrogen) atoms. The van der Waals surface area contributed by atoms with Crippen LogP contribution in [0, 0.1) is 0 Å². The van der Waals surface area contributed by atoms with Crippen molar-refractivity contribution in [1.82, 2.24) is 4.98 Å². The van der Waals surface area contributed by atoms with Gasteiger partial charge in [-0.1, -0.05) is 12.1 Å². The highest BCUT2D eigenvalue weighted by atomic mass is 16.5. The molecule has 2 aromatic rings. The van der Waals surface area contributed by atoms with Crippen LogP contribution in [0.15, 0.2) is 42.7 Å². The number of ether oxygens (including phenoxy) is 1. The number of carbonyl (C=O) groups is 1. The molecule has 0 unspecified atom stereocenters. The molecule has 0 saturated carbocycles. The van der Waals surface area contributed by atoms with Crippen LogP contribution in [-0.2, 0) is 0 Å². The van der Waals surface area contributed by atoms with Crippen LogP contribution in [0.4, 0.5) is 11.4 Å². The molecule has 0 amide bonds. The molecule has 1 aromatic carbocycles. The standard InChI is InChI=1S/C17H19N3O3/c1-23-16-5-3-2-4-15(16)20-8-6-19(7-9-20)14-10-13(17(21)22)11-18-12-14/h2-5,10-12H,6-9H2,1H3,(H,21,22). The number of anilines is 2. The Morgan fingerprint density at radius 2 is 1.83 bits per heavy atom. The first-order chi connectivity index (χ1) is 11.2. The zero-order chi connectivity index (χ0) is 16.2. The number of methoxy groups -OCH3 is 1. The van der Waals surface area contributed by atoms with Crippen molar-refractivity contribution in [3.8, 4) is 5.75 Å². The van der Waals surface area contributed by atoms with E-state index < -0.39 is 5.97 Å². The van der Waals surface area contributed by atoms with E-state index in [4.69, 9.17) is 9.84 Å². The minimum Gasteiger partial charge on any atom is -0.495 e. The average Bonchev–Trinajstić information content (AvgIpc) is 2.62. The number of nitrogens with zero attached hydrogens (tertiary/aromatic N) is 3. The van der Waals surface area contributed by atoms with E-state index in [-0.39, 0.29) is 5.56 Å². The second kappa shape index (κ2) is 6.56. The normalized spacial score (nSPS) is 14.7. The fourth-order valence-corrected chi connectivity index (χ4v) is 2.81. The number of benzene rings is 1. The molecule has 120 valence electrons. The number of piperazine rings is 1. The summed E-state index contributed by atoms with van der Waals surface area (Å²) in [4.78, 5) is 19.5. The van der Waals surface area contributed by atoms with Gasteiger partial charge in [-0.25, -0.2) is 4.79 Å². The van der Waals surface area contributed by atoms with Gasteiger partial charge in [0.15, 0.2) is 0 Å². The van der Waals surface area contributed by atoms with Crippen LogP contribution in [0.25, 0.3) is 0 Å². The first-order valence-corrected chi connectivity index (χ1v) is 7.50. The number of pyridine rings is 1. The summed E-state index contributed by atoms with van der Waals surface area (Å²) in [5, 5.41) is 9.08. The lowest BCUT2D eigenvalue weighted by Gasteiger charge is -2.37. The molecule has 1 saturated heterocycles. The van der Waals surface area contributed by atoms with Gasteiger partial charge in [0, 0.05) is 32.4 Å². The molecule has 6 heteroatoms. The molecule has 0 bridgehead atoms. The number of para-hydroxylation sites is 2. The summed E-state index contributed by atoms with van der Waals surface area (Å²) in [5.74, 6) is -0.0810. The zero-order valence-electron chi connectivity index (χ0n) is 13.0. The Morgan fingerprint density at radius 1 is 1.13 bits per heavy atom. The molecule has 2 heterocycles. The van der Waals surface area contributed by atoms with Gasteiger partial charge in [0.25, 0.3) is 0 Å². The molecule has 1 fully saturated rings. The minimum atomic E-state index is -0.952. The Morgan fingerprint density at radius 3 is 2.52 bits per heavy atom. The van der Waals surface area contributed by atoms with Crippen LogP contribution in [0.1, 0.15) is 10.4 Å². The first-order valence-electron chi connectivity index (χ1n) is 7.50. The van der Waals surface area contributed by atoms with Crippen molar-refractivity contribution in [1.29, 1.82) is 0 Å². The van der Waals surface area contributed by atoms with E-state index in [1.54, 1.807) is 19.4 Å². The van der Waals surface area contributed by atoms with Crippen LogP contribution in [0.3, 0.4) is 0 Å². The van der Waals surface area contributed by atoms with E-state index in [0.717, 1.165) is 43.3 Å². The van der Waals surface area contributed by atoms with E-state index in [1.165, 1.54) is 6.20 Å². The summed E-state index contributed by atoms with van der Waals surface area (Å²) in [7, 11) is 1.68. The van der Waals surface area contributed by atoms with Gasteiger partial charge in [-0.2, -0.15) is 0 Å². The second-order valence-electron chi connectivity index (χ2n) is 5.38. The van der Waals surface area contributed by atoms with E-state index >= 15 is 0 Å². The maximum Gasteiger partial charge on any atom is 0.337 e. The zero-order valence-corrected chi connectivity index (χ0v) is 13.0. The van der Waals surface area contributed by atoms with Gasteiger partial charge in [0.05, 0.1) is 30.2 Å². The number of carboxylic acid groups (broad SMARTS) is 1. The van der Waals surface area contributed by atoms with E-state index in [0.29, 0.717) is 0 Å². The van der Waals surface area contributed by atoms with Crippen molar-refractivity contribution in [3.63, 3.8) is 0 Å². The van der Waals surface area contributed by atoms with E-state index in [9.17, 15) is 4.79 Å². The van der Waals surface area contributed by atoms with Gasteiger partial charge in [0.2, 0.25) is 0 Å². The molecule has 1 aliphatic rings. The van der Waals surface area contributed by atoms with Crippen molar-refractivity contribution >= 4 is 17.3 Å². The molecule has 0 aliphatic carbocycles. The molecule has 1 aromatic heterocycles. The lowest BCUT2D eigenvalue weighted by atomic mass is 10.2. The van der Waals surface area contributed by atoms with Gasteiger partial charge in [-0.05, 0) is 18.2 Å². The van der Waals surface area contributed by atoms with Crippen LogP contribution < -0.4 is 14.5 Å². The lowest BCUT2D eigenvalue weighted by molar-refractivity contribution is 0.0696. The quantitative estimate of drug-likeness (QED) is 0.932. The molecule has 0 atom stereocenters. The van der Waals surface area contributed by atoms with Gasteiger partial charge in [-0.3, -0.25) is 4.98 Å². The van der Waals surface area contributed by atoms with Crippen molar-refractivity contribution in [2.75, 3.05) is 43.1 Å². The molecular formula is C17H19N3O3. The van der Waals surface area contributed by atoms with Gasteiger partial charge in [0.1, 0.15) is 5.75 Å². The summed E-state index contributed by atoms with van der Waals surface area (Å²) in [6.45, 7) is 3.31. The SMILES string of the molecule is COc1ccccc1N1CCN(c2cncc(C(=O)O)c2)CC1. The third-order valence-corrected chi connectivity index (χ3v) is 4.04. The summed E-state index contributed by atoms with van der Waals surface area (Å²) in [5.41, 5.74) is 2.16. The Hall–Kier alpha value is -2.76. The van der Waals surface area contributed by atoms with Crippen LogP contribution in [-0.4, -0.2) is 49.3 Å². The third kappa shape index (κ3) is 3.21. The lowest BCUT2D eigenvalue weighted by Crippen LogP contribution is -2.46. The smallest absolute Gasteiger partial charge is 0.337 e. The average molecular weight is 313 g/mol. The highest BCUT2D eigenvalue weighted by molar-refractivity contribution is 5.88. The maximum atomic E-state index is 11.1. The molecule has 6 nitrogen and oxygen atoms in total. The number of aromatic nitrogens is 1. The number of rotatable bonds is 4. The van der Waals surface area contributed by atoms with Crippen molar-refractivity contribution in [2.24, 2.45) is 0 Å². The van der Waals surface area contributed by atoms with Crippen molar-refractivity contribution in [2.45, 2.75) is 0 Å². The Labute approximate surface area is 134 Å². The second-order valence-corrected chi connectivity index (χ2v) is 5.38. The van der Waals surface area contributed by atoms with Gasteiger partial charge < -0.3 is 19.6 Å². The first kappa shape index (κ1) is 15.1. The Bertz CT molecular complexity index is 697. The minimum absolute atomic E-state index is 0.217. The number of hydrogen-bond donors (Lipinski definition) is 1. The van der Waals surface area contributed by atoms with Crippen LogP contribution in [0.2, 0.25) is 0 Å². The summed E-state index contributed by atoms with van der Waals surface area (Å²) in [6, 6.07) is 9.66. The number of carboxylic acids is 1. The highest BCUT2D eigenvalue weighted by Gasteiger charge is 2.20. The summed E-state index contributed by atoms with van der Waals surface area (Å²) < 4.78 is 5.42. The molecule has 0 spiro atoms. The predicted molar refractivity (Wildman–Crippen MR) is 88.6 cm³/mol. The van der Waals surface area contributed by atoms with Crippen molar-refractivity contribution < 1.29 is 14.6 Å². The Balaban J connectivity index is 1.71. The molecule has 0 radical (unpaired) electrons. The Kier molecular flexibility index (Phi) is 4.32. The fraction of sp³-hybridized carbons (Fsp3) is 0.294. The van der Waals surface area contributed by atoms with Crippen molar-refractivity contribution in [3.05, 3.63) is 48.3 Å². The monoisotopic (exact) mass is 313 g/mol. The predicted octanol–water partition coefficient (Wildman–Crippen LogP) is 2.11.